The molecular formula is C23H22N4O4. The summed E-state index contributed by atoms with van der Waals surface area (Å²) in [6.07, 6.45) is 1.66. The van der Waals surface area contributed by atoms with Crippen molar-refractivity contribution in [1.29, 1.82) is 0 Å². The van der Waals surface area contributed by atoms with Gasteiger partial charge in [0.05, 0.1) is 5.56 Å². The van der Waals surface area contributed by atoms with Crippen molar-refractivity contribution in [1.82, 2.24) is 19.1 Å². The fraction of sp³-hybridized carbons (Fsp3) is 0.217. The van der Waals surface area contributed by atoms with E-state index in [2.05, 4.69) is 9.97 Å². The van der Waals surface area contributed by atoms with E-state index in [-0.39, 0.29) is 5.56 Å². The average Bonchev–Trinajstić information content (AvgIpc) is 3.14. The molecule has 8 nitrogen and oxygen atoms in total. The zero-order chi connectivity index (χ0) is 22.0. The summed E-state index contributed by atoms with van der Waals surface area (Å²) >= 11 is 0. The highest BCUT2D eigenvalue weighted by Gasteiger charge is 2.20. The fourth-order valence-corrected chi connectivity index (χ4v) is 3.60. The van der Waals surface area contributed by atoms with E-state index >= 15 is 0 Å². The van der Waals surface area contributed by atoms with E-state index in [0.717, 1.165) is 18.4 Å². The number of hydrogen-bond donors (Lipinski definition) is 2. The first kappa shape index (κ1) is 20.3. The second-order valence-corrected chi connectivity index (χ2v) is 7.33. The van der Waals surface area contributed by atoms with Crippen molar-refractivity contribution in [2.75, 3.05) is 0 Å². The molecule has 0 aliphatic carbocycles. The minimum atomic E-state index is -1.02. The third-order valence-corrected chi connectivity index (χ3v) is 5.19. The van der Waals surface area contributed by atoms with Gasteiger partial charge < -0.3 is 9.67 Å². The van der Waals surface area contributed by atoms with Gasteiger partial charge in [-0.05, 0) is 24.1 Å². The van der Waals surface area contributed by atoms with Gasteiger partial charge >= 0.3 is 11.7 Å². The third kappa shape index (κ3) is 3.92. The highest BCUT2D eigenvalue weighted by molar-refractivity contribution is 5.88. The van der Waals surface area contributed by atoms with Crippen LogP contribution in [0.5, 0.6) is 0 Å². The van der Waals surface area contributed by atoms with Crippen LogP contribution in [-0.2, 0) is 13.1 Å². The number of carboxylic acid groups (broad SMARTS) is 1. The maximum Gasteiger partial charge on any atom is 0.335 e. The largest absolute Gasteiger partial charge is 0.478 e. The van der Waals surface area contributed by atoms with E-state index in [9.17, 15) is 19.5 Å². The van der Waals surface area contributed by atoms with Crippen LogP contribution in [0.2, 0.25) is 0 Å². The first-order valence-corrected chi connectivity index (χ1v) is 10.1. The molecule has 31 heavy (non-hydrogen) atoms. The quantitative estimate of drug-likeness (QED) is 0.479. The van der Waals surface area contributed by atoms with Gasteiger partial charge in [0, 0.05) is 18.7 Å². The number of carboxylic acids is 1. The molecule has 0 bridgehead atoms. The van der Waals surface area contributed by atoms with Gasteiger partial charge in [-0.3, -0.25) is 14.3 Å². The number of aryl methyl sites for hydroxylation is 1. The number of aromatic nitrogens is 4. The van der Waals surface area contributed by atoms with Gasteiger partial charge in [0.1, 0.15) is 5.82 Å². The SMILES string of the molecule is CCCCn1c(=O)[nH]c(=O)c2c1nc(-c1ccc(C(=O)O)cc1)n2Cc1ccccc1. The Bertz CT molecular complexity index is 1350. The Hall–Kier alpha value is -3.94. The van der Waals surface area contributed by atoms with E-state index in [1.54, 1.807) is 16.7 Å². The number of nitrogens with zero attached hydrogens (tertiary/aromatic N) is 3. The number of fused-ring (bicyclic) bond motifs is 1. The van der Waals surface area contributed by atoms with Crippen molar-refractivity contribution in [3.63, 3.8) is 0 Å². The van der Waals surface area contributed by atoms with Crippen molar-refractivity contribution >= 4 is 17.1 Å². The van der Waals surface area contributed by atoms with Crippen LogP contribution in [0, 0.1) is 0 Å². The molecule has 4 rings (SSSR count). The van der Waals surface area contributed by atoms with Crippen LogP contribution in [0.25, 0.3) is 22.6 Å². The Kier molecular flexibility index (Phi) is 5.53. The molecule has 0 saturated carbocycles. The second kappa shape index (κ2) is 8.43. The van der Waals surface area contributed by atoms with Crippen molar-refractivity contribution in [3.05, 3.63) is 86.6 Å². The number of unbranched alkanes of at least 4 members (excludes halogenated alkanes) is 1. The van der Waals surface area contributed by atoms with Crippen LogP contribution < -0.4 is 11.2 Å². The maximum absolute atomic E-state index is 12.8. The van der Waals surface area contributed by atoms with Gasteiger partial charge in [0.2, 0.25) is 0 Å². The lowest BCUT2D eigenvalue weighted by molar-refractivity contribution is 0.0697. The highest BCUT2D eigenvalue weighted by Crippen LogP contribution is 2.24. The van der Waals surface area contributed by atoms with Gasteiger partial charge in [-0.15, -0.1) is 0 Å². The van der Waals surface area contributed by atoms with Gasteiger partial charge in [0.25, 0.3) is 5.56 Å². The van der Waals surface area contributed by atoms with Gasteiger partial charge in [-0.1, -0.05) is 55.8 Å². The molecule has 2 N–H and O–H groups in total. The van der Waals surface area contributed by atoms with Crippen molar-refractivity contribution in [2.24, 2.45) is 0 Å². The Morgan fingerprint density at radius 3 is 2.39 bits per heavy atom. The molecule has 8 heteroatoms. The zero-order valence-corrected chi connectivity index (χ0v) is 17.0. The van der Waals surface area contributed by atoms with Crippen molar-refractivity contribution in [3.8, 4) is 11.4 Å². The molecule has 158 valence electrons. The zero-order valence-electron chi connectivity index (χ0n) is 17.0. The first-order chi connectivity index (χ1) is 15.0. The second-order valence-electron chi connectivity index (χ2n) is 7.33. The number of imidazole rings is 1. The van der Waals surface area contributed by atoms with Crippen LogP contribution in [0.1, 0.15) is 35.7 Å². The average molecular weight is 418 g/mol. The van der Waals surface area contributed by atoms with E-state index in [1.807, 2.05) is 37.3 Å². The minimum Gasteiger partial charge on any atom is -0.478 e. The molecule has 0 radical (unpaired) electrons. The Morgan fingerprint density at radius 2 is 1.74 bits per heavy atom. The van der Waals surface area contributed by atoms with Gasteiger partial charge in [-0.2, -0.15) is 0 Å². The Labute approximate surface area is 177 Å². The van der Waals surface area contributed by atoms with E-state index in [4.69, 9.17) is 0 Å². The molecule has 2 heterocycles. The van der Waals surface area contributed by atoms with E-state index in [1.165, 1.54) is 16.7 Å². The van der Waals surface area contributed by atoms with Crippen LogP contribution in [-0.4, -0.2) is 30.2 Å². The molecule has 0 atom stereocenters. The van der Waals surface area contributed by atoms with Crippen molar-refractivity contribution < 1.29 is 9.90 Å². The molecule has 0 saturated heterocycles. The molecular weight excluding hydrogens is 396 g/mol. The number of nitrogens with one attached hydrogen (secondary N) is 1. The first-order valence-electron chi connectivity index (χ1n) is 10.1. The van der Waals surface area contributed by atoms with Crippen LogP contribution >= 0.6 is 0 Å². The molecule has 0 spiro atoms. The summed E-state index contributed by atoms with van der Waals surface area (Å²) in [6, 6.07) is 16.0. The standard InChI is InChI=1S/C23H22N4O4/c1-2-3-13-26-20-18(21(28)25-23(26)31)27(14-15-7-5-4-6-8-15)19(24-20)16-9-11-17(12-10-16)22(29)30/h4-12H,2-3,13-14H2,1H3,(H,29,30)(H,25,28,31). The van der Waals surface area contributed by atoms with Crippen LogP contribution in [0.15, 0.2) is 64.2 Å². The van der Waals surface area contributed by atoms with Crippen molar-refractivity contribution in [2.45, 2.75) is 32.9 Å². The summed E-state index contributed by atoms with van der Waals surface area (Å²) < 4.78 is 3.28. The van der Waals surface area contributed by atoms with Crippen LogP contribution in [0.3, 0.4) is 0 Å². The minimum absolute atomic E-state index is 0.159. The number of H-pyrrole nitrogens is 1. The lowest BCUT2D eigenvalue weighted by Gasteiger charge is -2.10. The molecule has 2 aromatic heterocycles. The fourth-order valence-electron chi connectivity index (χ4n) is 3.60. The molecule has 0 fully saturated rings. The number of aromatic carboxylic acids is 1. The topological polar surface area (TPSA) is 110 Å². The molecule has 0 amide bonds. The van der Waals surface area contributed by atoms with Crippen LogP contribution in [0.4, 0.5) is 0 Å². The summed E-state index contributed by atoms with van der Waals surface area (Å²) in [4.78, 5) is 43.6. The predicted octanol–water partition coefficient (Wildman–Crippen LogP) is 3.10. The Morgan fingerprint density at radius 1 is 1.03 bits per heavy atom. The summed E-state index contributed by atoms with van der Waals surface area (Å²) in [7, 11) is 0. The monoisotopic (exact) mass is 418 g/mol. The third-order valence-electron chi connectivity index (χ3n) is 5.19. The molecule has 4 aromatic rings. The number of aromatic amines is 1. The predicted molar refractivity (Wildman–Crippen MR) is 117 cm³/mol. The van der Waals surface area contributed by atoms with Gasteiger partial charge in [-0.25, -0.2) is 14.6 Å². The lowest BCUT2D eigenvalue weighted by atomic mass is 10.1. The van der Waals surface area contributed by atoms with E-state index in [0.29, 0.717) is 35.6 Å². The number of rotatable bonds is 7. The normalized spacial score (nSPS) is 11.1. The maximum atomic E-state index is 12.8. The Balaban J connectivity index is 1.97. The molecule has 2 aromatic carbocycles. The molecule has 0 aliphatic rings. The lowest BCUT2D eigenvalue weighted by Crippen LogP contribution is -2.31. The van der Waals surface area contributed by atoms with E-state index < -0.39 is 17.2 Å². The highest BCUT2D eigenvalue weighted by atomic mass is 16.4. The smallest absolute Gasteiger partial charge is 0.335 e. The summed E-state index contributed by atoms with van der Waals surface area (Å²) in [5.41, 5.74) is 1.45. The summed E-state index contributed by atoms with van der Waals surface area (Å²) in [5, 5.41) is 9.19. The molecule has 0 aliphatic heterocycles. The molecule has 0 unspecified atom stereocenters. The summed E-state index contributed by atoms with van der Waals surface area (Å²) in [5.74, 6) is -0.522. The number of benzene rings is 2. The number of carbonyl (C=O) groups is 1. The number of hydrogen-bond acceptors (Lipinski definition) is 4. The van der Waals surface area contributed by atoms with Gasteiger partial charge in [0.15, 0.2) is 11.2 Å². The summed E-state index contributed by atoms with van der Waals surface area (Å²) in [6.45, 7) is 2.85.